The van der Waals surface area contributed by atoms with E-state index in [0.717, 1.165) is 44.5 Å². The van der Waals surface area contributed by atoms with Crippen LogP contribution in [0.25, 0.3) is 44.5 Å². The van der Waals surface area contributed by atoms with E-state index in [9.17, 15) is 0 Å². The number of benzene rings is 8. The van der Waals surface area contributed by atoms with E-state index in [-0.39, 0.29) is 5.78 Å². The number of ketones is 1. The minimum Gasteiger partial charge on any atom is -0.289 e. The van der Waals surface area contributed by atoms with Gasteiger partial charge in [-0.2, -0.15) is 0 Å². The summed E-state index contributed by atoms with van der Waals surface area (Å²) in [6.07, 6.45) is 0. The van der Waals surface area contributed by atoms with Crippen molar-refractivity contribution in [1.29, 1.82) is 0 Å². The molecule has 4 aliphatic rings. The molecule has 0 saturated carbocycles. The molecule has 4 aliphatic carbocycles. The number of carbonyl (C=O) groups is 1. The molecule has 2 spiro atoms. The lowest BCUT2D eigenvalue weighted by molar-refractivity contribution is 0.103. The first-order valence-corrected chi connectivity index (χ1v) is 18.5. The third-order valence-corrected chi connectivity index (χ3v) is 12.8. The maximum Gasteiger partial charge on any atom is 0.193 e. The van der Waals surface area contributed by atoms with Crippen LogP contribution in [0, 0.1) is 0 Å². The molecular formula is C51H28B2O. The van der Waals surface area contributed by atoms with Crippen molar-refractivity contribution < 1.29 is 4.79 Å². The lowest BCUT2D eigenvalue weighted by Crippen LogP contribution is -2.28. The minimum atomic E-state index is -0.668. The third-order valence-electron chi connectivity index (χ3n) is 12.8. The fourth-order valence-corrected chi connectivity index (χ4v) is 10.8. The maximum absolute atomic E-state index is 15.0. The summed E-state index contributed by atoms with van der Waals surface area (Å²) >= 11 is 0. The van der Waals surface area contributed by atoms with Crippen LogP contribution in [-0.2, 0) is 10.8 Å². The summed E-state index contributed by atoms with van der Waals surface area (Å²) in [6.45, 7) is 0. The van der Waals surface area contributed by atoms with Crippen LogP contribution < -0.4 is 10.9 Å². The molecule has 12 rings (SSSR count). The average Bonchev–Trinajstić information content (AvgIpc) is 3.88. The summed E-state index contributed by atoms with van der Waals surface area (Å²) in [5.41, 5.74) is 20.4. The van der Waals surface area contributed by atoms with Gasteiger partial charge in [0.25, 0.3) is 0 Å². The van der Waals surface area contributed by atoms with Crippen molar-refractivity contribution in [2.45, 2.75) is 10.8 Å². The lowest BCUT2D eigenvalue weighted by Gasteiger charge is -2.31. The molecule has 0 heterocycles. The molecule has 0 fully saturated rings. The van der Waals surface area contributed by atoms with Gasteiger partial charge in [0.1, 0.15) is 15.7 Å². The van der Waals surface area contributed by atoms with Crippen LogP contribution in [0.4, 0.5) is 0 Å². The van der Waals surface area contributed by atoms with Crippen molar-refractivity contribution in [2.24, 2.45) is 0 Å². The normalized spacial score (nSPS) is 14.8. The third kappa shape index (κ3) is 3.47. The number of carbonyl (C=O) groups excluding carboxylic acids is 1. The number of hydrogen-bond acceptors (Lipinski definition) is 1. The van der Waals surface area contributed by atoms with Gasteiger partial charge in [-0.25, -0.2) is 0 Å². The molecule has 0 aromatic heterocycles. The van der Waals surface area contributed by atoms with Gasteiger partial charge in [-0.05, 0) is 101 Å². The fraction of sp³-hybridized carbons (Fsp3) is 0.0392. The standard InChI is InChI=1S/C51H28B2O/c52-31-19-23-39-40-24-20-32(53)28-48(40)51(47(39)27-31)44-16-8-4-12-36(44)38-22-18-30(26-46(38)51)49(54)29-17-21-37-35-11-3-7-15-43(35)50(45(37)25-29)41-13-5-1-9-33(41)34-10-2-6-14-42(34)50/h1-28H. The summed E-state index contributed by atoms with van der Waals surface area (Å²) in [6, 6.07) is 59.9. The quantitative estimate of drug-likeness (QED) is 0.132. The average molecular weight is 678 g/mol. The number of fused-ring (bicyclic) bond motifs is 20. The van der Waals surface area contributed by atoms with E-state index in [1.807, 2.05) is 24.3 Å². The van der Waals surface area contributed by atoms with Crippen LogP contribution in [0.15, 0.2) is 170 Å². The first kappa shape index (κ1) is 30.1. The molecule has 8 aromatic rings. The second kappa shape index (κ2) is 10.4. The van der Waals surface area contributed by atoms with Crippen molar-refractivity contribution in [1.82, 2.24) is 0 Å². The Balaban J connectivity index is 1.08. The molecule has 3 heteroatoms. The predicted octanol–water partition coefficient (Wildman–Crippen LogP) is 9.19. The Morgan fingerprint density at radius 1 is 0.315 bits per heavy atom. The molecule has 0 unspecified atom stereocenters. The highest BCUT2D eigenvalue weighted by Gasteiger charge is 2.53. The molecular weight excluding hydrogens is 650 g/mol. The van der Waals surface area contributed by atoms with Gasteiger partial charge in [0.2, 0.25) is 0 Å². The van der Waals surface area contributed by atoms with Crippen molar-refractivity contribution in [3.05, 3.63) is 225 Å². The zero-order valence-corrected chi connectivity index (χ0v) is 29.2. The van der Waals surface area contributed by atoms with Gasteiger partial charge in [-0.3, -0.25) is 4.79 Å². The highest BCUT2D eigenvalue weighted by molar-refractivity contribution is 6.33. The molecule has 0 saturated heterocycles. The van der Waals surface area contributed by atoms with E-state index in [4.69, 9.17) is 15.7 Å². The Kier molecular flexibility index (Phi) is 5.77. The fourth-order valence-electron chi connectivity index (χ4n) is 10.8. The first-order valence-electron chi connectivity index (χ1n) is 18.5. The van der Waals surface area contributed by atoms with E-state index < -0.39 is 10.8 Å². The van der Waals surface area contributed by atoms with E-state index >= 15 is 4.79 Å². The van der Waals surface area contributed by atoms with E-state index in [0.29, 0.717) is 22.1 Å². The van der Waals surface area contributed by atoms with Crippen molar-refractivity contribution in [3.63, 3.8) is 0 Å². The Hall–Kier alpha value is -6.44. The first-order chi connectivity index (χ1) is 26.5. The van der Waals surface area contributed by atoms with Crippen LogP contribution in [0.3, 0.4) is 0 Å². The smallest absolute Gasteiger partial charge is 0.193 e. The van der Waals surface area contributed by atoms with Crippen LogP contribution >= 0.6 is 0 Å². The van der Waals surface area contributed by atoms with Gasteiger partial charge in [0.05, 0.1) is 10.8 Å². The van der Waals surface area contributed by atoms with Crippen LogP contribution in [0.5, 0.6) is 0 Å². The van der Waals surface area contributed by atoms with E-state index in [1.54, 1.807) is 0 Å². The van der Waals surface area contributed by atoms with Crippen molar-refractivity contribution in [3.8, 4) is 44.5 Å². The Labute approximate surface area is 316 Å². The molecule has 1 nitrogen and oxygen atoms in total. The highest BCUT2D eigenvalue weighted by atomic mass is 16.1. The molecule has 0 amide bonds. The molecule has 0 N–H and O–H groups in total. The summed E-state index contributed by atoms with van der Waals surface area (Å²) in [5.74, 6) is -0.00373. The predicted molar refractivity (Wildman–Crippen MR) is 220 cm³/mol. The van der Waals surface area contributed by atoms with Gasteiger partial charge >= 0.3 is 0 Å². The maximum atomic E-state index is 15.0. The molecule has 0 bridgehead atoms. The van der Waals surface area contributed by atoms with Gasteiger partial charge in [-0.15, -0.1) is 0 Å². The number of rotatable bonds is 2. The largest absolute Gasteiger partial charge is 0.289 e. The summed E-state index contributed by atoms with van der Waals surface area (Å²) in [7, 11) is 13.1. The second-order valence-corrected chi connectivity index (χ2v) is 15.1. The van der Waals surface area contributed by atoms with Gasteiger partial charge in [-0.1, -0.05) is 169 Å². The van der Waals surface area contributed by atoms with Gasteiger partial charge in [0, 0.05) is 11.1 Å². The zero-order chi connectivity index (χ0) is 35.9. The molecule has 0 aliphatic heterocycles. The molecule has 244 valence electrons. The van der Waals surface area contributed by atoms with E-state index in [2.05, 4.69) is 146 Å². The van der Waals surface area contributed by atoms with Crippen molar-refractivity contribution in [2.75, 3.05) is 0 Å². The summed E-state index contributed by atoms with van der Waals surface area (Å²) in [5, 5.41) is 0. The lowest BCUT2D eigenvalue weighted by atomic mass is 9.68. The molecule has 8 aromatic carbocycles. The summed E-state index contributed by atoms with van der Waals surface area (Å²) < 4.78 is 0. The molecule has 54 heavy (non-hydrogen) atoms. The topological polar surface area (TPSA) is 17.1 Å². The molecule has 0 atom stereocenters. The summed E-state index contributed by atoms with van der Waals surface area (Å²) in [4.78, 5) is 15.0. The van der Waals surface area contributed by atoms with Crippen LogP contribution in [-0.4, -0.2) is 21.5 Å². The highest BCUT2D eigenvalue weighted by Crippen LogP contribution is 2.64. The Morgan fingerprint density at radius 2 is 0.593 bits per heavy atom. The Bertz CT molecular complexity index is 2890. The van der Waals surface area contributed by atoms with Gasteiger partial charge < -0.3 is 0 Å². The van der Waals surface area contributed by atoms with Crippen molar-refractivity contribution >= 4 is 32.4 Å². The van der Waals surface area contributed by atoms with Crippen LogP contribution in [0.2, 0.25) is 0 Å². The zero-order valence-electron chi connectivity index (χ0n) is 29.2. The SMILES string of the molecule is [B]c1ccc2c(c1)C1(c3ccccc3-c3ccc(C(=O)c4ccc5c(c4)C4(c6ccccc6-c6ccccc64)c4ccccc4-5)cc31)c1cc([B])ccc1-2. The van der Waals surface area contributed by atoms with Gasteiger partial charge in [0.15, 0.2) is 5.78 Å². The monoisotopic (exact) mass is 678 g/mol. The second-order valence-electron chi connectivity index (χ2n) is 15.1. The molecule has 4 radical (unpaired) electrons. The Morgan fingerprint density at radius 3 is 0.963 bits per heavy atom. The van der Waals surface area contributed by atoms with E-state index in [1.165, 1.54) is 44.5 Å². The minimum absolute atomic E-state index is 0.00373. The number of hydrogen-bond donors (Lipinski definition) is 0. The van der Waals surface area contributed by atoms with Crippen LogP contribution in [0.1, 0.15) is 60.4 Å².